The van der Waals surface area contributed by atoms with E-state index in [9.17, 15) is 0 Å². The maximum absolute atomic E-state index is 6.67. The zero-order valence-corrected chi connectivity index (χ0v) is 25.1. The molecule has 0 bridgehead atoms. The highest BCUT2D eigenvalue weighted by atomic mass is 35.5. The number of benzene rings is 3. The van der Waals surface area contributed by atoms with Crippen LogP contribution >= 0.6 is 35.5 Å². The van der Waals surface area contributed by atoms with Crippen molar-refractivity contribution in [3.05, 3.63) is 96.7 Å². The molecule has 0 aliphatic carbocycles. The molecule has 0 radical (unpaired) electrons. The Balaban J connectivity index is 0.000000748. The van der Waals surface area contributed by atoms with E-state index in [-0.39, 0.29) is 0 Å². The second-order valence-corrected chi connectivity index (χ2v) is 11.3. The smallest absolute Gasteiger partial charge is 0.0783 e. The Morgan fingerprint density at radius 3 is 2.58 bits per heavy atom. The highest BCUT2D eigenvalue weighted by molar-refractivity contribution is 8.01. The number of rotatable bonds is 5. The molecule has 1 saturated heterocycles. The van der Waals surface area contributed by atoms with E-state index in [0.29, 0.717) is 0 Å². The summed E-state index contributed by atoms with van der Waals surface area (Å²) in [5.41, 5.74) is 5.56. The van der Waals surface area contributed by atoms with E-state index >= 15 is 0 Å². The molecule has 1 aliphatic heterocycles. The van der Waals surface area contributed by atoms with Gasteiger partial charge in [0.05, 0.1) is 10.7 Å². The van der Waals surface area contributed by atoms with Crippen molar-refractivity contribution in [2.75, 3.05) is 21.3 Å². The molecular formula is C32H38ClN3S2. The maximum atomic E-state index is 6.67. The first-order chi connectivity index (χ1) is 18.6. The molecule has 2 heterocycles. The minimum absolute atomic E-state index is 0.776. The summed E-state index contributed by atoms with van der Waals surface area (Å²) in [6, 6.07) is 23.2. The fourth-order valence-corrected chi connectivity index (χ4v) is 6.11. The normalized spacial score (nSPS) is 13.0. The van der Waals surface area contributed by atoms with Crippen molar-refractivity contribution >= 4 is 57.6 Å². The number of pyridine rings is 1. The highest BCUT2D eigenvalue weighted by Crippen LogP contribution is 2.36. The molecule has 200 valence electrons. The number of aromatic nitrogens is 1. The lowest BCUT2D eigenvalue weighted by molar-refractivity contribution is 0.751. The number of hydrogen-bond acceptors (Lipinski definition) is 5. The average molecular weight is 564 g/mol. The molecular weight excluding hydrogens is 526 g/mol. The van der Waals surface area contributed by atoms with Gasteiger partial charge in [0, 0.05) is 45.7 Å². The molecule has 1 aromatic heterocycles. The summed E-state index contributed by atoms with van der Waals surface area (Å²) in [5.74, 6) is 1.18. The maximum Gasteiger partial charge on any atom is 0.0783 e. The SMILES string of the molecule is C=C.CCC.Cc1ccc(NSc2ccc(N3CCCCCS3)cc2Cl)cc1-c1nccc2ccccc12. The molecule has 1 N–H and O–H groups in total. The molecule has 0 atom stereocenters. The molecule has 3 nitrogen and oxygen atoms in total. The molecule has 0 amide bonds. The van der Waals surface area contributed by atoms with Gasteiger partial charge >= 0.3 is 0 Å². The van der Waals surface area contributed by atoms with E-state index in [1.165, 1.54) is 48.1 Å². The topological polar surface area (TPSA) is 28.2 Å². The summed E-state index contributed by atoms with van der Waals surface area (Å²) in [5, 5.41) is 3.14. The molecule has 0 unspecified atom stereocenters. The minimum Gasteiger partial charge on any atom is -0.326 e. The Labute approximate surface area is 242 Å². The summed E-state index contributed by atoms with van der Waals surface area (Å²) in [6.45, 7) is 13.5. The van der Waals surface area contributed by atoms with Crippen molar-refractivity contribution < 1.29 is 0 Å². The summed E-state index contributed by atoms with van der Waals surface area (Å²) < 4.78 is 5.86. The van der Waals surface area contributed by atoms with Crippen LogP contribution < -0.4 is 9.03 Å². The Bertz CT molecular complexity index is 1300. The van der Waals surface area contributed by atoms with Gasteiger partial charge in [0.1, 0.15) is 0 Å². The average Bonchev–Trinajstić information content (AvgIpc) is 3.24. The van der Waals surface area contributed by atoms with Gasteiger partial charge in [0.2, 0.25) is 0 Å². The number of anilines is 2. The van der Waals surface area contributed by atoms with E-state index in [0.717, 1.165) is 38.8 Å². The number of fused-ring (bicyclic) bond motifs is 1. The second-order valence-electron chi connectivity index (χ2n) is 8.93. The van der Waals surface area contributed by atoms with Crippen LogP contribution in [-0.2, 0) is 0 Å². The largest absolute Gasteiger partial charge is 0.326 e. The van der Waals surface area contributed by atoms with Crippen LogP contribution in [-0.4, -0.2) is 17.3 Å². The van der Waals surface area contributed by atoms with E-state index in [4.69, 9.17) is 16.6 Å². The molecule has 5 rings (SSSR count). The first kappa shape index (κ1) is 29.9. The van der Waals surface area contributed by atoms with Gasteiger partial charge in [0.25, 0.3) is 0 Å². The van der Waals surface area contributed by atoms with E-state index in [2.05, 4.69) is 110 Å². The predicted octanol–water partition coefficient (Wildman–Crippen LogP) is 10.8. The first-order valence-corrected chi connectivity index (χ1v) is 15.3. The first-order valence-electron chi connectivity index (χ1n) is 13.2. The van der Waals surface area contributed by atoms with Crippen LogP contribution in [0.15, 0.2) is 91.0 Å². The van der Waals surface area contributed by atoms with Crippen LogP contribution in [0, 0.1) is 6.92 Å². The molecule has 3 aromatic carbocycles. The van der Waals surface area contributed by atoms with Crippen molar-refractivity contribution in [1.82, 2.24) is 4.98 Å². The van der Waals surface area contributed by atoms with Crippen LogP contribution in [0.2, 0.25) is 5.02 Å². The third-order valence-electron chi connectivity index (χ3n) is 5.90. The van der Waals surface area contributed by atoms with Gasteiger partial charge < -0.3 is 9.03 Å². The van der Waals surface area contributed by atoms with Crippen molar-refractivity contribution in [2.24, 2.45) is 0 Å². The van der Waals surface area contributed by atoms with Gasteiger partial charge in [-0.05, 0) is 91.0 Å². The lowest BCUT2D eigenvalue weighted by Gasteiger charge is -2.21. The number of aryl methyl sites for hydroxylation is 1. The van der Waals surface area contributed by atoms with Crippen molar-refractivity contribution in [3.63, 3.8) is 0 Å². The van der Waals surface area contributed by atoms with Crippen LogP contribution in [0.5, 0.6) is 0 Å². The van der Waals surface area contributed by atoms with E-state index in [1.807, 2.05) is 18.1 Å². The van der Waals surface area contributed by atoms with E-state index < -0.39 is 0 Å². The standard InChI is InChI=1S/C27H26ClN3S2.C3H8.C2H4/c1-19-9-10-21(17-24(19)27-23-8-4-3-7-20(23)13-14-29-27)30-33-26-12-11-22(18-25(26)28)31-15-5-2-6-16-32-31;1-3-2;1-2/h3-4,7-14,17-18,30H,2,5-6,15-16H2,1H3;3H2,1-2H3;1-2H2. The molecule has 4 aromatic rings. The van der Waals surface area contributed by atoms with E-state index in [1.54, 1.807) is 11.9 Å². The summed E-state index contributed by atoms with van der Waals surface area (Å²) >= 11 is 10.1. The van der Waals surface area contributed by atoms with Crippen LogP contribution in [0.3, 0.4) is 0 Å². The Morgan fingerprint density at radius 2 is 1.79 bits per heavy atom. The van der Waals surface area contributed by atoms with Crippen molar-refractivity contribution in [1.29, 1.82) is 0 Å². The molecule has 6 heteroatoms. The molecule has 1 aliphatic rings. The lowest BCUT2D eigenvalue weighted by Crippen LogP contribution is -2.14. The summed E-state index contributed by atoms with van der Waals surface area (Å²) in [4.78, 5) is 5.73. The Hall–Kier alpha value is -2.60. The predicted molar refractivity (Wildman–Crippen MR) is 174 cm³/mol. The van der Waals surface area contributed by atoms with Crippen LogP contribution in [0.4, 0.5) is 11.4 Å². The van der Waals surface area contributed by atoms with Crippen molar-refractivity contribution in [2.45, 2.75) is 51.3 Å². The zero-order valence-electron chi connectivity index (χ0n) is 22.7. The highest BCUT2D eigenvalue weighted by Gasteiger charge is 2.13. The second kappa shape index (κ2) is 15.7. The van der Waals surface area contributed by atoms with Gasteiger partial charge in [-0.2, -0.15) is 0 Å². The van der Waals surface area contributed by atoms with Gasteiger partial charge in [-0.25, -0.2) is 0 Å². The van der Waals surface area contributed by atoms with Gasteiger partial charge in [-0.15, -0.1) is 13.2 Å². The Kier molecular flexibility index (Phi) is 12.4. The van der Waals surface area contributed by atoms with Crippen molar-refractivity contribution in [3.8, 4) is 11.3 Å². The molecule has 1 fully saturated rings. The monoisotopic (exact) mass is 563 g/mol. The number of nitrogens with one attached hydrogen (secondary N) is 1. The van der Waals surface area contributed by atoms with Crippen LogP contribution in [0.25, 0.3) is 22.0 Å². The number of nitrogens with zero attached hydrogens (tertiary/aromatic N) is 2. The quantitative estimate of drug-likeness (QED) is 0.192. The third kappa shape index (κ3) is 7.95. The fourth-order valence-electron chi connectivity index (χ4n) is 4.09. The van der Waals surface area contributed by atoms with Gasteiger partial charge in [-0.1, -0.05) is 68.6 Å². The van der Waals surface area contributed by atoms with Gasteiger partial charge in [-0.3, -0.25) is 4.98 Å². The van der Waals surface area contributed by atoms with Gasteiger partial charge in [0.15, 0.2) is 0 Å². The number of halogens is 1. The fraction of sp³-hybridized carbons (Fsp3) is 0.281. The molecule has 0 spiro atoms. The minimum atomic E-state index is 0.776. The summed E-state index contributed by atoms with van der Waals surface area (Å²) in [6.07, 6.45) is 6.97. The molecule has 38 heavy (non-hydrogen) atoms. The third-order valence-corrected chi connectivity index (χ3v) is 8.42. The molecule has 0 saturated carbocycles. The van der Waals surface area contributed by atoms with Crippen LogP contribution in [0.1, 0.15) is 45.1 Å². The summed E-state index contributed by atoms with van der Waals surface area (Å²) in [7, 11) is 0. The lowest BCUT2D eigenvalue weighted by atomic mass is 10.00. The Morgan fingerprint density at radius 1 is 1.00 bits per heavy atom. The number of hydrogen-bond donors (Lipinski definition) is 1. The zero-order chi connectivity index (χ0) is 27.3.